The summed E-state index contributed by atoms with van der Waals surface area (Å²) in [6.07, 6.45) is 3.88. The minimum Gasteiger partial charge on any atom is -0.354 e. The smallest absolute Gasteiger partial charge is 0.240 e. The molecule has 1 unspecified atom stereocenters. The molecule has 3 nitrogen and oxygen atoms in total. The number of amides is 1. The molecule has 1 fully saturated rings. The van der Waals surface area contributed by atoms with Gasteiger partial charge >= 0.3 is 0 Å². The van der Waals surface area contributed by atoms with Crippen LogP contribution in [0.1, 0.15) is 39.5 Å². The van der Waals surface area contributed by atoms with Crippen LogP contribution in [-0.2, 0) is 4.79 Å². The average molecular weight is 184 g/mol. The third-order valence-electron chi connectivity index (χ3n) is 3.01. The van der Waals surface area contributed by atoms with Crippen LogP contribution in [0, 0.1) is 5.92 Å². The standard InChI is InChI=1S/C10H20N2O/c1-3-8(2)7-12-9(13)10(11)5-4-6-10/h8H,3-7,11H2,1-2H3,(H,12,13). The zero-order valence-corrected chi connectivity index (χ0v) is 8.60. The van der Waals surface area contributed by atoms with E-state index in [4.69, 9.17) is 5.73 Å². The molecule has 0 aromatic heterocycles. The van der Waals surface area contributed by atoms with E-state index in [9.17, 15) is 4.79 Å². The summed E-state index contributed by atoms with van der Waals surface area (Å²) in [5.74, 6) is 0.590. The number of carbonyl (C=O) groups excluding carboxylic acids is 1. The van der Waals surface area contributed by atoms with Crippen LogP contribution in [0.15, 0.2) is 0 Å². The van der Waals surface area contributed by atoms with E-state index in [1.807, 2.05) is 0 Å². The maximum atomic E-state index is 11.5. The maximum absolute atomic E-state index is 11.5. The number of hydrogen-bond donors (Lipinski definition) is 2. The van der Waals surface area contributed by atoms with Crippen LogP contribution in [0.3, 0.4) is 0 Å². The predicted molar refractivity (Wildman–Crippen MR) is 53.2 cm³/mol. The topological polar surface area (TPSA) is 55.1 Å². The molecule has 13 heavy (non-hydrogen) atoms. The Bertz CT molecular complexity index is 187. The molecular weight excluding hydrogens is 164 g/mol. The van der Waals surface area contributed by atoms with Crippen molar-refractivity contribution in [1.82, 2.24) is 5.32 Å². The molecule has 0 aliphatic heterocycles. The second-order valence-corrected chi connectivity index (χ2v) is 4.23. The van der Waals surface area contributed by atoms with Gasteiger partial charge in [0.2, 0.25) is 5.91 Å². The monoisotopic (exact) mass is 184 g/mol. The Hall–Kier alpha value is -0.570. The molecule has 0 saturated heterocycles. The van der Waals surface area contributed by atoms with Gasteiger partial charge in [0.1, 0.15) is 0 Å². The second kappa shape index (κ2) is 4.09. The third-order valence-corrected chi connectivity index (χ3v) is 3.01. The van der Waals surface area contributed by atoms with E-state index in [0.29, 0.717) is 5.92 Å². The van der Waals surface area contributed by atoms with Crippen molar-refractivity contribution in [3.8, 4) is 0 Å². The van der Waals surface area contributed by atoms with Crippen LogP contribution in [0.5, 0.6) is 0 Å². The minimum absolute atomic E-state index is 0.0408. The molecule has 1 aliphatic carbocycles. The van der Waals surface area contributed by atoms with Gasteiger partial charge in [0.15, 0.2) is 0 Å². The molecule has 1 aliphatic rings. The van der Waals surface area contributed by atoms with E-state index >= 15 is 0 Å². The molecule has 3 N–H and O–H groups in total. The van der Waals surface area contributed by atoms with Crippen LogP contribution in [0.25, 0.3) is 0 Å². The molecule has 1 saturated carbocycles. The van der Waals surface area contributed by atoms with Gasteiger partial charge in [-0.2, -0.15) is 0 Å². The Labute approximate surface area is 80.1 Å². The first kappa shape index (κ1) is 10.5. The Morgan fingerprint density at radius 2 is 2.23 bits per heavy atom. The lowest BCUT2D eigenvalue weighted by Gasteiger charge is -2.36. The van der Waals surface area contributed by atoms with Gasteiger partial charge < -0.3 is 11.1 Å². The van der Waals surface area contributed by atoms with Gasteiger partial charge in [0.05, 0.1) is 5.54 Å². The van der Waals surface area contributed by atoms with Crippen LogP contribution in [-0.4, -0.2) is 18.0 Å². The van der Waals surface area contributed by atoms with Gasteiger partial charge in [0.25, 0.3) is 0 Å². The highest BCUT2D eigenvalue weighted by atomic mass is 16.2. The van der Waals surface area contributed by atoms with Crippen molar-refractivity contribution < 1.29 is 4.79 Å². The molecule has 0 bridgehead atoms. The molecule has 1 rings (SSSR count). The molecule has 0 radical (unpaired) electrons. The van der Waals surface area contributed by atoms with E-state index in [1.54, 1.807) is 0 Å². The van der Waals surface area contributed by atoms with Crippen LogP contribution >= 0.6 is 0 Å². The van der Waals surface area contributed by atoms with Crippen molar-refractivity contribution in [3.05, 3.63) is 0 Å². The van der Waals surface area contributed by atoms with Gasteiger partial charge in [-0.05, 0) is 25.2 Å². The first-order chi connectivity index (χ1) is 6.08. The summed E-state index contributed by atoms with van der Waals surface area (Å²) in [6, 6.07) is 0. The molecule has 76 valence electrons. The van der Waals surface area contributed by atoms with E-state index in [0.717, 1.165) is 32.2 Å². The third kappa shape index (κ3) is 2.44. The highest BCUT2D eigenvalue weighted by Crippen LogP contribution is 2.28. The fourth-order valence-electron chi connectivity index (χ4n) is 1.37. The Kier molecular flexibility index (Phi) is 3.31. The zero-order chi connectivity index (χ0) is 9.90. The van der Waals surface area contributed by atoms with E-state index in [1.165, 1.54) is 0 Å². The summed E-state index contributed by atoms with van der Waals surface area (Å²) in [7, 11) is 0. The lowest BCUT2D eigenvalue weighted by atomic mass is 9.77. The molecule has 0 aromatic carbocycles. The molecule has 1 atom stereocenters. The van der Waals surface area contributed by atoms with Gasteiger partial charge in [-0.15, -0.1) is 0 Å². The quantitative estimate of drug-likeness (QED) is 0.685. The highest BCUT2D eigenvalue weighted by Gasteiger charge is 2.39. The fraction of sp³-hybridized carbons (Fsp3) is 0.900. The highest BCUT2D eigenvalue weighted by molar-refractivity contribution is 5.86. The molecule has 0 heterocycles. The molecular formula is C10H20N2O. The first-order valence-corrected chi connectivity index (χ1v) is 5.15. The fourth-order valence-corrected chi connectivity index (χ4v) is 1.37. The summed E-state index contributed by atoms with van der Waals surface area (Å²) < 4.78 is 0. The van der Waals surface area contributed by atoms with Gasteiger partial charge in [-0.25, -0.2) is 0 Å². The van der Waals surface area contributed by atoms with Gasteiger partial charge in [-0.1, -0.05) is 20.3 Å². The zero-order valence-electron chi connectivity index (χ0n) is 8.60. The van der Waals surface area contributed by atoms with Crippen molar-refractivity contribution in [3.63, 3.8) is 0 Å². The Balaban J connectivity index is 2.25. The van der Waals surface area contributed by atoms with Crippen LogP contribution in [0.4, 0.5) is 0 Å². The molecule has 0 aromatic rings. The average Bonchev–Trinajstić information content (AvgIpc) is 2.09. The lowest BCUT2D eigenvalue weighted by molar-refractivity contribution is -0.129. The SMILES string of the molecule is CCC(C)CNC(=O)C1(N)CCC1. The summed E-state index contributed by atoms with van der Waals surface area (Å²) in [6.45, 7) is 5.01. The molecule has 1 amide bonds. The summed E-state index contributed by atoms with van der Waals surface area (Å²) in [5, 5.41) is 2.91. The number of hydrogen-bond acceptors (Lipinski definition) is 2. The lowest BCUT2D eigenvalue weighted by Crippen LogP contribution is -2.58. The van der Waals surface area contributed by atoms with Crippen LogP contribution < -0.4 is 11.1 Å². The van der Waals surface area contributed by atoms with E-state index in [-0.39, 0.29) is 5.91 Å². The van der Waals surface area contributed by atoms with Crippen molar-refractivity contribution in [1.29, 1.82) is 0 Å². The van der Waals surface area contributed by atoms with Crippen molar-refractivity contribution >= 4 is 5.91 Å². The van der Waals surface area contributed by atoms with Gasteiger partial charge in [0, 0.05) is 6.54 Å². The normalized spacial score (nSPS) is 21.8. The molecule has 0 spiro atoms. The Morgan fingerprint density at radius 3 is 2.62 bits per heavy atom. The Morgan fingerprint density at radius 1 is 1.62 bits per heavy atom. The second-order valence-electron chi connectivity index (χ2n) is 4.23. The largest absolute Gasteiger partial charge is 0.354 e. The predicted octanol–water partition coefficient (Wildman–Crippen LogP) is 1.03. The number of rotatable bonds is 4. The summed E-state index contributed by atoms with van der Waals surface area (Å²) >= 11 is 0. The van der Waals surface area contributed by atoms with Crippen molar-refractivity contribution in [2.75, 3.05) is 6.54 Å². The summed E-state index contributed by atoms with van der Waals surface area (Å²) in [5.41, 5.74) is 5.33. The van der Waals surface area contributed by atoms with Crippen molar-refractivity contribution in [2.45, 2.75) is 45.1 Å². The minimum atomic E-state index is -0.534. The summed E-state index contributed by atoms with van der Waals surface area (Å²) in [4.78, 5) is 11.5. The molecule has 3 heteroatoms. The van der Waals surface area contributed by atoms with Crippen molar-refractivity contribution in [2.24, 2.45) is 11.7 Å². The maximum Gasteiger partial charge on any atom is 0.240 e. The van der Waals surface area contributed by atoms with E-state index < -0.39 is 5.54 Å². The number of carbonyl (C=O) groups is 1. The number of nitrogens with one attached hydrogen (secondary N) is 1. The van der Waals surface area contributed by atoms with Gasteiger partial charge in [-0.3, -0.25) is 4.79 Å². The number of nitrogens with two attached hydrogens (primary N) is 1. The van der Waals surface area contributed by atoms with Crippen LogP contribution in [0.2, 0.25) is 0 Å². The first-order valence-electron chi connectivity index (χ1n) is 5.15. The van der Waals surface area contributed by atoms with E-state index in [2.05, 4.69) is 19.2 Å².